The second-order valence-electron chi connectivity index (χ2n) is 8.56. The highest BCUT2D eigenvalue weighted by molar-refractivity contribution is 14.0. The Balaban J connectivity index is 0.00000341. The molecule has 1 aliphatic heterocycles. The van der Waals surface area contributed by atoms with Crippen LogP contribution in [0.4, 0.5) is 0 Å². The maximum atomic E-state index is 4.94. The molecule has 0 spiro atoms. The maximum absolute atomic E-state index is 4.94. The maximum Gasteiger partial charge on any atom is 0.191 e. The topological polar surface area (TPSA) is 69.8 Å². The van der Waals surface area contributed by atoms with E-state index in [0.29, 0.717) is 12.0 Å². The van der Waals surface area contributed by atoms with Crippen molar-refractivity contribution in [2.45, 2.75) is 65.3 Å². The van der Waals surface area contributed by atoms with E-state index in [1.807, 2.05) is 24.4 Å². The van der Waals surface area contributed by atoms with Crippen molar-refractivity contribution in [3.05, 3.63) is 30.2 Å². The van der Waals surface area contributed by atoms with Crippen LogP contribution in [0.2, 0.25) is 0 Å². The number of rotatable bonds is 9. The van der Waals surface area contributed by atoms with Crippen molar-refractivity contribution >= 4 is 35.6 Å². The van der Waals surface area contributed by atoms with Gasteiger partial charge in [0.05, 0.1) is 6.54 Å². The molecule has 1 fully saturated rings. The zero-order chi connectivity index (χ0) is 21.2. The van der Waals surface area contributed by atoms with Gasteiger partial charge in [0.2, 0.25) is 0 Å². The molecule has 0 saturated carbocycles. The number of aliphatic imine (C=N–C) groups is 1. The van der Waals surface area contributed by atoms with Crippen LogP contribution in [0.5, 0.6) is 0 Å². The van der Waals surface area contributed by atoms with Crippen LogP contribution in [0.25, 0.3) is 5.65 Å². The summed E-state index contributed by atoms with van der Waals surface area (Å²) < 4.78 is 2.06. The van der Waals surface area contributed by atoms with E-state index in [1.54, 1.807) is 0 Å². The van der Waals surface area contributed by atoms with E-state index < -0.39 is 0 Å². The monoisotopic (exact) mass is 541 g/mol. The summed E-state index contributed by atoms with van der Waals surface area (Å²) in [7, 11) is 0. The fourth-order valence-corrected chi connectivity index (χ4v) is 4.22. The second kappa shape index (κ2) is 13.9. The molecule has 3 heterocycles. The van der Waals surface area contributed by atoms with E-state index in [0.717, 1.165) is 49.9 Å². The number of pyridine rings is 1. The summed E-state index contributed by atoms with van der Waals surface area (Å²) in [5.74, 6) is 2.54. The highest BCUT2D eigenvalue weighted by atomic mass is 127. The molecule has 2 N–H and O–H groups in total. The molecule has 2 aromatic heterocycles. The van der Waals surface area contributed by atoms with Crippen LogP contribution in [0.15, 0.2) is 29.4 Å². The first-order valence-corrected chi connectivity index (χ1v) is 11.7. The van der Waals surface area contributed by atoms with Gasteiger partial charge in [0.15, 0.2) is 11.6 Å². The fourth-order valence-electron chi connectivity index (χ4n) is 4.22. The van der Waals surface area contributed by atoms with Gasteiger partial charge in [0.1, 0.15) is 5.82 Å². The van der Waals surface area contributed by atoms with E-state index in [9.17, 15) is 0 Å². The van der Waals surface area contributed by atoms with Gasteiger partial charge in [-0.15, -0.1) is 34.2 Å². The molecule has 3 rings (SSSR count). The Morgan fingerprint density at radius 1 is 1.10 bits per heavy atom. The lowest BCUT2D eigenvalue weighted by Crippen LogP contribution is -2.44. The van der Waals surface area contributed by atoms with Gasteiger partial charge in [-0.05, 0) is 57.3 Å². The third kappa shape index (κ3) is 7.89. The number of aryl methyl sites for hydroxylation is 1. The van der Waals surface area contributed by atoms with Gasteiger partial charge in [-0.3, -0.25) is 14.3 Å². The molecule has 2 aromatic rings. The average molecular weight is 542 g/mol. The van der Waals surface area contributed by atoms with Crippen molar-refractivity contribution < 1.29 is 0 Å². The van der Waals surface area contributed by atoms with Crippen molar-refractivity contribution in [1.82, 2.24) is 30.1 Å². The van der Waals surface area contributed by atoms with Gasteiger partial charge < -0.3 is 10.6 Å². The summed E-state index contributed by atoms with van der Waals surface area (Å²) in [6.45, 7) is 11.8. The Kier molecular flexibility index (Phi) is 11.6. The van der Waals surface area contributed by atoms with Crippen molar-refractivity contribution in [1.29, 1.82) is 0 Å². The number of halogens is 1. The molecule has 0 aromatic carbocycles. The smallest absolute Gasteiger partial charge is 0.191 e. The van der Waals surface area contributed by atoms with E-state index >= 15 is 0 Å². The molecule has 7 nitrogen and oxygen atoms in total. The first kappa shape index (κ1) is 25.8. The van der Waals surface area contributed by atoms with Crippen molar-refractivity contribution in [3.8, 4) is 0 Å². The van der Waals surface area contributed by atoms with Crippen LogP contribution < -0.4 is 10.6 Å². The number of aromatic nitrogens is 3. The molecular formula is C23H40IN7. The predicted molar refractivity (Wildman–Crippen MR) is 139 cm³/mol. The third-order valence-electron chi connectivity index (χ3n) is 5.91. The number of hydrogen-bond acceptors (Lipinski definition) is 4. The zero-order valence-corrected chi connectivity index (χ0v) is 21.7. The number of likely N-dealkylation sites (tertiary alicyclic amines) is 1. The van der Waals surface area contributed by atoms with Crippen molar-refractivity contribution in [2.24, 2.45) is 10.9 Å². The number of hydrogen-bond donors (Lipinski definition) is 2. The summed E-state index contributed by atoms with van der Waals surface area (Å²) in [6.07, 6.45) is 9.29. The van der Waals surface area contributed by atoms with E-state index in [4.69, 9.17) is 4.99 Å². The quantitative estimate of drug-likeness (QED) is 0.219. The normalized spacial score (nSPS) is 16.7. The molecule has 8 heteroatoms. The summed E-state index contributed by atoms with van der Waals surface area (Å²) in [6, 6.07) is 6.51. The molecule has 0 amide bonds. The number of nitrogens with one attached hydrogen (secondary N) is 2. The standard InChI is InChI=1S/C23H39N7.HI/c1-4-24-23(26-18-20(19(2)3)29-15-8-5-6-9-16-29)25-14-11-13-22-28-27-21-12-7-10-17-30(21)22;/h7,10,12,17,19-20H,4-6,8-9,11,13-16,18H2,1-3H3,(H2,24,25,26);1H. The van der Waals surface area contributed by atoms with Crippen LogP contribution in [-0.4, -0.2) is 64.2 Å². The number of nitrogens with zero attached hydrogens (tertiary/aromatic N) is 5. The van der Waals surface area contributed by atoms with Crippen LogP contribution >= 0.6 is 24.0 Å². The van der Waals surface area contributed by atoms with Gasteiger partial charge in [0.25, 0.3) is 0 Å². The third-order valence-corrected chi connectivity index (χ3v) is 5.91. The lowest BCUT2D eigenvalue weighted by atomic mass is 10.0. The Labute approximate surface area is 204 Å². The molecular weight excluding hydrogens is 501 g/mol. The molecule has 0 radical (unpaired) electrons. The number of guanidine groups is 1. The molecule has 1 aliphatic rings. The van der Waals surface area contributed by atoms with E-state index in [2.05, 4.69) is 50.9 Å². The summed E-state index contributed by atoms with van der Waals surface area (Å²) in [5.41, 5.74) is 0.906. The molecule has 0 bridgehead atoms. The SMILES string of the molecule is CCNC(=NCC(C(C)C)N1CCCCCC1)NCCCc1nnc2ccccn12.I. The van der Waals surface area contributed by atoms with Gasteiger partial charge in [0, 0.05) is 31.7 Å². The van der Waals surface area contributed by atoms with Gasteiger partial charge in [-0.25, -0.2) is 0 Å². The molecule has 31 heavy (non-hydrogen) atoms. The van der Waals surface area contributed by atoms with Crippen molar-refractivity contribution in [2.75, 3.05) is 32.7 Å². The summed E-state index contributed by atoms with van der Waals surface area (Å²) >= 11 is 0. The highest BCUT2D eigenvalue weighted by Crippen LogP contribution is 2.17. The van der Waals surface area contributed by atoms with Crippen LogP contribution in [0.1, 0.15) is 58.7 Å². The Bertz CT molecular complexity index is 781. The van der Waals surface area contributed by atoms with Gasteiger partial charge >= 0.3 is 0 Å². The molecule has 0 aliphatic carbocycles. The highest BCUT2D eigenvalue weighted by Gasteiger charge is 2.22. The lowest BCUT2D eigenvalue weighted by molar-refractivity contribution is 0.166. The Hall–Kier alpha value is -1.42. The number of fused-ring (bicyclic) bond motifs is 1. The van der Waals surface area contributed by atoms with Gasteiger partial charge in [-0.2, -0.15) is 0 Å². The average Bonchev–Trinajstić information content (AvgIpc) is 2.96. The van der Waals surface area contributed by atoms with Crippen LogP contribution in [0.3, 0.4) is 0 Å². The zero-order valence-electron chi connectivity index (χ0n) is 19.4. The molecule has 1 saturated heterocycles. The predicted octanol–water partition coefficient (Wildman–Crippen LogP) is 3.74. The lowest BCUT2D eigenvalue weighted by Gasteiger charge is -2.32. The van der Waals surface area contributed by atoms with E-state index in [1.165, 1.54) is 38.8 Å². The Morgan fingerprint density at radius 2 is 1.87 bits per heavy atom. The van der Waals surface area contributed by atoms with E-state index in [-0.39, 0.29) is 24.0 Å². The van der Waals surface area contributed by atoms with Crippen LogP contribution in [0, 0.1) is 5.92 Å². The molecule has 1 atom stereocenters. The van der Waals surface area contributed by atoms with Crippen LogP contribution in [-0.2, 0) is 6.42 Å². The summed E-state index contributed by atoms with van der Waals surface area (Å²) in [5, 5.41) is 15.5. The van der Waals surface area contributed by atoms with Crippen molar-refractivity contribution in [3.63, 3.8) is 0 Å². The largest absolute Gasteiger partial charge is 0.357 e. The second-order valence-corrected chi connectivity index (χ2v) is 8.56. The minimum Gasteiger partial charge on any atom is -0.357 e. The Morgan fingerprint density at radius 3 is 2.58 bits per heavy atom. The van der Waals surface area contributed by atoms with Gasteiger partial charge in [-0.1, -0.05) is 32.8 Å². The molecule has 1 unspecified atom stereocenters. The minimum absolute atomic E-state index is 0. The fraction of sp³-hybridized carbons (Fsp3) is 0.696. The summed E-state index contributed by atoms with van der Waals surface area (Å²) in [4.78, 5) is 7.61. The first-order valence-electron chi connectivity index (χ1n) is 11.7. The minimum atomic E-state index is 0. The molecule has 174 valence electrons. The first-order chi connectivity index (χ1) is 14.7.